The van der Waals surface area contributed by atoms with Crippen molar-refractivity contribution in [2.45, 2.75) is 32.4 Å². The highest BCUT2D eigenvalue weighted by Crippen LogP contribution is 2.22. The topological polar surface area (TPSA) is 12.4 Å². The fourth-order valence-corrected chi connectivity index (χ4v) is 0.903. The minimum absolute atomic E-state index is 0.252. The van der Waals surface area contributed by atoms with Crippen molar-refractivity contribution in [1.82, 2.24) is 0 Å². The average molecular weight is 219 g/mol. The van der Waals surface area contributed by atoms with Crippen LogP contribution in [0.4, 0.5) is 8.78 Å². The van der Waals surface area contributed by atoms with Crippen molar-refractivity contribution < 1.29 is 8.78 Å². The van der Waals surface area contributed by atoms with Crippen molar-refractivity contribution in [3.8, 4) is 0 Å². The maximum Gasteiger partial charge on any atom is 0.162 e. The molecule has 0 spiro atoms. The summed E-state index contributed by atoms with van der Waals surface area (Å²) >= 11 is 0. The van der Waals surface area contributed by atoms with Crippen LogP contribution in [0, 0.1) is 0 Å². The Balaban J connectivity index is 4.67. The fraction of sp³-hybridized carbons (Fsp3) is 0.500. The molecular weight excluding hydrogens is 203 g/mol. The van der Waals surface area contributed by atoms with Crippen LogP contribution in [-0.4, -0.2) is 17.3 Å². The van der Waals surface area contributed by atoms with Gasteiger partial charge in [0.05, 0.1) is 5.71 Å². The van der Waals surface area contributed by atoms with Crippen molar-refractivity contribution in [1.29, 1.82) is 0 Å². The van der Waals surface area contributed by atoms with Gasteiger partial charge in [-0.25, -0.2) is 8.78 Å². The van der Waals surface area contributed by atoms with Gasteiger partial charge < -0.3 is 0 Å². The highest BCUT2D eigenvalue weighted by molar-refractivity contribution is 7.20. The second kappa shape index (κ2) is 6.02. The van der Waals surface area contributed by atoms with Crippen molar-refractivity contribution in [3.63, 3.8) is 0 Å². The molecule has 80 valence electrons. The Labute approximate surface area is 86.2 Å². The molecule has 1 nitrogen and oxygen atoms in total. The minimum Gasteiger partial charge on any atom is -0.258 e. The summed E-state index contributed by atoms with van der Waals surface area (Å²) in [7, 11) is 2.05. The molecule has 0 amide bonds. The molecule has 0 aliphatic heterocycles. The molecule has 0 aliphatic rings. The zero-order valence-electron chi connectivity index (χ0n) is 8.67. The molecule has 0 fully saturated rings. The second-order valence-corrected chi connectivity index (χ2v) is 4.19. The molecule has 0 rings (SSSR count). The summed E-state index contributed by atoms with van der Waals surface area (Å²) in [4.78, 5) is 3.84. The number of hydrogen-bond donors (Lipinski definition) is 0. The van der Waals surface area contributed by atoms with E-state index in [2.05, 4.69) is 4.99 Å². The molecule has 3 unspecified atom stereocenters. The van der Waals surface area contributed by atoms with E-state index in [1.807, 2.05) is 9.24 Å². The van der Waals surface area contributed by atoms with Gasteiger partial charge in [0, 0.05) is 6.20 Å². The largest absolute Gasteiger partial charge is 0.258 e. The molecule has 0 saturated carbocycles. The number of allylic oxidation sites excluding steroid dienone is 3. The lowest BCUT2D eigenvalue weighted by molar-refractivity contribution is 0.412. The maximum atomic E-state index is 13.4. The van der Waals surface area contributed by atoms with E-state index < -0.39 is 11.6 Å². The number of halogens is 2. The van der Waals surface area contributed by atoms with Crippen LogP contribution in [0.1, 0.15) is 20.8 Å². The van der Waals surface area contributed by atoms with Gasteiger partial charge >= 0.3 is 0 Å². The standard InChI is InChI=1S/C10H16F2NP/c1-4-5-9(10(3,12)14)13-7-6-8(2)11/h4-8H,14H2,1-3H3/b5-4-,7-6+,13-9+. The van der Waals surface area contributed by atoms with E-state index in [0.29, 0.717) is 0 Å². The quantitative estimate of drug-likeness (QED) is 0.507. The van der Waals surface area contributed by atoms with Gasteiger partial charge in [0.2, 0.25) is 0 Å². The van der Waals surface area contributed by atoms with Gasteiger partial charge in [-0.15, -0.1) is 0 Å². The third-order valence-electron chi connectivity index (χ3n) is 1.39. The van der Waals surface area contributed by atoms with Gasteiger partial charge in [-0.3, -0.25) is 4.99 Å². The van der Waals surface area contributed by atoms with Crippen LogP contribution in [-0.2, 0) is 0 Å². The Hall–Kier alpha value is -0.560. The first kappa shape index (κ1) is 13.4. The summed E-state index contributed by atoms with van der Waals surface area (Å²) in [5.74, 6) is 0. The van der Waals surface area contributed by atoms with E-state index >= 15 is 0 Å². The Kier molecular flexibility index (Phi) is 5.78. The SMILES string of the molecule is C\C=C/C(=N\C=C\C(C)F)C(C)(F)P. The molecule has 0 N–H and O–H groups in total. The molecule has 0 aromatic rings. The number of alkyl halides is 2. The van der Waals surface area contributed by atoms with Crippen LogP contribution in [0.5, 0.6) is 0 Å². The van der Waals surface area contributed by atoms with Crippen LogP contribution in [0.25, 0.3) is 0 Å². The van der Waals surface area contributed by atoms with E-state index in [1.165, 1.54) is 26.1 Å². The Morgan fingerprint density at radius 1 is 1.57 bits per heavy atom. The molecule has 0 heterocycles. The summed E-state index contributed by atoms with van der Waals surface area (Å²) < 4.78 is 25.8. The number of hydrogen-bond acceptors (Lipinski definition) is 1. The predicted octanol–water partition coefficient (Wildman–Crippen LogP) is 3.44. The molecule has 0 saturated heterocycles. The molecule has 0 aromatic heterocycles. The van der Waals surface area contributed by atoms with Crippen LogP contribution in [0.2, 0.25) is 0 Å². The van der Waals surface area contributed by atoms with Crippen LogP contribution >= 0.6 is 9.24 Å². The van der Waals surface area contributed by atoms with E-state index in [-0.39, 0.29) is 5.71 Å². The summed E-state index contributed by atoms with van der Waals surface area (Å²) in [5, 5.41) is -1.59. The Morgan fingerprint density at radius 2 is 2.14 bits per heavy atom. The maximum absolute atomic E-state index is 13.4. The number of nitrogens with zero attached hydrogens (tertiary/aromatic N) is 1. The zero-order valence-corrected chi connectivity index (χ0v) is 9.82. The molecular formula is C10H16F2NP. The van der Waals surface area contributed by atoms with Crippen molar-refractivity contribution in [2.75, 3.05) is 0 Å². The van der Waals surface area contributed by atoms with E-state index in [0.717, 1.165) is 0 Å². The van der Waals surface area contributed by atoms with E-state index in [9.17, 15) is 8.78 Å². The monoisotopic (exact) mass is 219 g/mol. The summed E-state index contributed by atoms with van der Waals surface area (Å²) in [5.41, 5.74) is 0.252. The van der Waals surface area contributed by atoms with Crippen LogP contribution in [0.15, 0.2) is 29.4 Å². The van der Waals surface area contributed by atoms with Gasteiger partial charge in [0.1, 0.15) is 6.17 Å². The normalized spacial score (nSPS) is 20.3. The summed E-state index contributed by atoms with van der Waals surface area (Å²) in [6.07, 6.45) is 4.72. The molecule has 0 radical (unpaired) electrons. The first-order valence-corrected chi connectivity index (χ1v) is 4.95. The fourth-order valence-electron chi connectivity index (χ4n) is 0.732. The molecule has 14 heavy (non-hydrogen) atoms. The second-order valence-electron chi connectivity index (χ2n) is 3.11. The first-order valence-electron chi connectivity index (χ1n) is 4.37. The average Bonchev–Trinajstić information content (AvgIpc) is 2.00. The first-order chi connectivity index (χ1) is 6.38. The smallest absolute Gasteiger partial charge is 0.162 e. The van der Waals surface area contributed by atoms with Gasteiger partial charge in [0.25, 0.3) is 0 Å². The molecule has 3 atom stereocenters. The highest BCUT2D eigenvalue weighted by Gasteiger charge is 2.20. The lowest BCUT2D eigenvalue weighted by atomic mass is 10.2. The Bertz CT molecular complexity index is 249. The van der Waals surface area contributed by atoms with Crippen molar-refractivity contribution >= 4 is 15.0 Å². The lowest BCUT2D eigenvalue weighted by Gasteiger charge is -2.13. The number of rotatable bonds is 4. The van der Waals surface area contributed by atoms with Gasteiger partial charge in [-0.2, -0.15) is 0 Å². The lowest BCUT2D eigenvalue weighted by Crippen LogP contribution is -2.19. The van der Waals surface area contributed by atoms with E-state index in [4.69, 9.17) is 0 Å². The van der Waals surface area contributed by atoms with Crippen LogP contribution in [0.3, 0.4) is 0 Å². The van der Waals surface area contributed by atoms with Crippen molar-refractivity contribution in [3.05, 3.63) is 24.4 Å². The van der Waals surface area contributed by atoms with Gasteiger partial charge in [-0.1, -0.05) is 15.3 Å². The van der Waals surface area contributed by atoms with Crippen LogP contribution < -0.4 is 0 Å². The number of aliphatic imine (C=N–C) groups is 1. The predicted molar refractivity (Wildman–Crippen MR) is 61.2 cm³/mol. The molecule has 0 bridgehead atoms. The molecule has 4 heteroatoms. The molecule has 0 aliphatic carbocycles. The van der Waals surface area contributed by atoms with E-state index in [1.54, 1.807) is 19.1 Å². The summed E-state index contributed by atoms with van der Waals surface area (Å²) in [6.45, 7) is 4.54. The minimum atomic E-state index is -1.59. The third-order valence-corrected chi connectivity index (χ3v) is 1.69. The highest BCUT2D eigenvalue weighted by atomic mass is 31.0. The van der Waals surface area contributed by atoms with Crippen molar-refractivity contribution in [2.24, 2.45) is 4.99 Å². The van der Waals surface area contributed by atoms with Gasteiger partial charge in [0.15, 0.2) is 5.41 Å². The molecule has 0 aromatic carbocycles. The zero-order chi connectivity index (χ0) is 11.2. The summed E-state index contributed by atoms with van der Waals surface area (Å²) in [6, 6.07) is 0. The van der Waals surface area contributed by atoms with Gasteiger partial charge in [-0.05, 0) is 32.9 Å². The third kappa shape index (κ3) is 5.98. The Morgan fingerprint density at radius 3 is 2.50 bits per heavy atom.